The second-order valence-corrected chi connectivity index (χ2v) is 7.13. The van der Waals surface area contributed by atoms with Gasteiger partial charge in [0, 0.05) is 11.3 Å². The topological polar surface area (TPSA) is 57.6 Å². The molecular weight excluding hydrogens is 426 g/mol. The highest BCUT2D eigenvalue weighted by molar-refractivity contribution is 6.51. The Labute approximate surface area is 180 Å². The molecule has 0 radical (unpaired) electrons. The van der Waals surface area contributed by atoms with Crippen molar-refractivity contribution >= 4 is 23.1 Å². The highest BCUT2D eigenvalue weighted by Gasteiger charge is 2.47. The molecule has 1 amide bonds. The van der Waals surface area contributed by atoms with Gasteiger partial charge < -0.3 is 5.11 Å². The fraction of sp³-hybridized carbons (Fsp3) is 0.0833. The molecule has 32 heavy (non-hydrogen) atoms. The van der Waals surface area contributed by atoms with E-state index in [9.17, 15) is 32.3 Å². The van der Waals surface area contributed by atoms with E-state index in [2.05, 4.69) is 0 Å². The van der Waals surface area contributed by atoms with Crippen LogP contribution in [0.3, 0.4) is 0 Å². The highest BCUT2D eigenvalue weighted by Crippen LogP contribution is 2.43. The lowest BCUT2D eigenvalue weighted by atomic mass is 9.95. The summed E-state index contributed by atoms with van der Waals surface area (Å²) in [6, 6.07) is 15.5. The zero-order valence-electron chi connectivity index (χ0n) is 16.3. The maximum atomic E-state index is 13.5. The van der Waals surface area contributed by atoms with Gasteiger partial charge in [0.1, 0.15) is 11.6 Å². The van der Waals surface area contributed by atoms with Gasteiger partial charge >= 0.3 is 6.18 Å². The molecule has 0 aliphatic carbocycles. The number of anilines is 1. The van der Waals surface area contributed by atoms with Gasteiger partial charge in [-0.1, -0.05) is 48.5 Å². The molecule has 0 bridgehead atoms. The van der Waals surface area contributed by atoms with Gasteiger partial charge in [0.25, 0.3) is 11.7 Å². The number of halogens is 4. The number of benzene rings is 3. The number of carbonyl (C=O) groups excluding carboxylic acids is 2. The minimum absolute atomic E-state index is 0.177. The van der Waals surface area contributed by atoms with Crippen molar-refractivity contribution in [3.63, 3.8) is 0 Å². The number of amides is 1. The van der Waals surface area contributed by atoms with Crippen LogP contribution in [-0.4, -0.2) is 16.8 Å². The van der Waals surface area contributed by atoms with Crippen LogP contribution in [0, 0.1) is 5.82 Å². The fourth-order valence-electron chi connectivity index (χ4n) is 3.64. The van der Waals surface area contributed by atoms with Crippen molar-refractivity contribution in [2.75, 3.05) is 4.90 Å². The van der Waals surface area contributed by atoms with Crippen molar-refractivity contribution < 1.29 is 32.3 Å². The monoisotopic (exact) mass is 441 g/mol. The molecule has 162 valence electrons. The Hall–Kier alpha value is -3.94. The Balaban J connectivity index is 1.94. The van der Waals surface area contributed by atoms with Crippen LogP contribution < -0.4 is 4.90 Å². The lowest BCUT2D eigenvalue weighted by molar-refractivity contribution is -0.137. The normalized spacial score (nSPS) is 18.2. The van der Waals surface area contributed by atoms with Crippen LogP contribution in [0.1, 0.15) is 22.7 Å². The molecule has 4 rings (SSSR count). The van der Waals surface area contributed by atoms with Gasteiger partial charge in [-0.2, -0.15) is 13.2 Å². The van der Waals surface area contributed by atoms with Crippen LogP contribution in [0.15, 0.2) is 84.4 Å². The Kier molecular flexibility index (Phi) is 5.30. The maximum absolute atomic E-state index is 13.5. The Morgan fingerprint density at radius 3 is 2.16 bits per heavy atom. The Morgan fingerprint density at radius 1 is 0.875 bits per heavy atom. The number of nitrogens with zero attached hydrogens (tertiary/aromatic N) is 1. The minimum Gasteiger partial charge on any atom is -0.507 e. The molecule has 3 aromatic rings. The van der Waals surface area contributed by atoms with Crippen LogP contribution >= 0.6 is 0 Å². The number of aliphatic hydroxyl groups is 1. The fourth-order valence-corrected chi connectivity index (χ4v) is 3.64. The molecule has 1 fully saturated rings. The molecule has 0 aromatic heterocycles. The molecule has 4 nitrogen and oxygen atoms in total. The SMILES string of the molecule is O=C1C(=O)N(c2cccc(C(F)(F)F)c2)C(c2ccc(F)cc2)/C1=C(/O)c1ccccc1. The first-order valence-electron chi connectivity index (χ1n) is 9.47. The standard InChI is InChI=1S/C24H15F4NO3/c25-17-11-9-14(10-12-17)20-19(21(30)15-5-2-1-3-6-15)22(31)23(32)29(20)18-8-4-7-16(13-18)24(26,27)28/h1-13,20,30H/b21-19-. The van der Waals surface area contributed by atoms with Crippen LogP contribution in [0.5, 0.6) is 0 Å². The summed E-state index contributed by atoms with van der Waals surface area (Å²) in [7, 11) is 0. The molecule has 1 aliphatic rings. The highest BCUT2D eigenvalue weighted by atomic mass is 19.4. The van der Waals surface area contributed by atoms with Gasteiger partial charge in [-0.05, 0) is 35.9 Å². The first kappa shape index (κ1) is 21.3. The molecule has 0 spiro atoms. The van der Waals surface area contributed by atoms with Gasteiger partial charge in [-0.25, -0.2) is 4.39 Å². The Morgan fingerprint density at radius 2 is 1.53 bits per heavy atom. The van der Waals surface area contributed by atoms with E-state index in [0.717, 1.165) is 35.2 Å². The number of carbonyl (C=O) groups is 2. The van der Waals surface area contributed by atoms with E-state index >= 15 is 0 Å². The van der Waals surface area contributed by atoms with E-state index < -0.39 is 41.0 Å². The lowest BCUT2D eigenvalue weighted by Crippen LogP contribution is -2.29. The Bertz CT molecular complexity index is 1220. The third-order valence-electron chi connectivity index (χ3n) is 5.13. The predicted molar refractivity (Wildman–Crippen MR) is 109 cm³/mol. The van der Waals surface area contributed by atoms with Gasteiger partial charge in [0.05, 0.1) is 17.2 Å². The quantitative estimate of drug-likeness (QED) is 0.254. The second kappa shape index (κ2) is 7.96. The summed E-state index contributed by atoms with van der Waals surface area (Å²) >= 11 is 0. The van der Waals surface area contributed by atoms with E-state index in [1.807, 2.05) is 0 Å². The van der Waals surface area contributed by atoms with Crippen LogP contribution in [0.2, 0.25) is 0 Å². The molecule has 8 heteroatoms. The van der Waals surface area contributed by atoms with Crippen molar-refractivity contribution in [2.24, 2.45) is 0 Å². The number of aliphatic hydroxyl groups excluding tert-OH is 1. The first-order chi connectivity index (χ1) is 15.2. The average molecular weight is 441 g/mol. The van der Waals surface area contributed by atoms with Crippen LogP contribution in [0.25, 0.3) is 5.76 Å². The molecule has 3 aromatic carbocycles. The number of hydrogen-bond acceptors (Lipinski definition) is 3. The number of alkyl halides is 3. The number of hydrogen-bond donors (Lipinski definition) is 1. The van der Waals surface area contributed by atoms with Crippen molar-refractivity contribution in [1.29, 1.82) is 0 Å². The third-order valence-corrected chi connectivity index (χ3v) is 5.13. The number of rotatable bonds is 3. The van der Waals surface area contributed by atoms with Gasteiger partial charge in [0.2, 0.25) is 0 Å². The molecule has 1 atom stereocenters. The van der Waals surface area contributed by atoms with Gasteiger partial charge in [0.15, 0.2) is 0 Å². The zero-order valence-corrected chi connectivity index (χ0v) is 16.3. The molecule has 0 saturated carbocycles. The van der Waals surface area contributed by atoms with Crippen LogP contribution in [0.4, 0.5) is 23.2 Å². The summed E-state index contributed by atoms with van der Waals surface area (Å²) in [6.07, 6.45) is -4.67. The molecule has 1 unspecified atom stereocenters. The smallest absolute Gasteiger partial charge is 0.416 e. The summed E-state index contributed by atoms with van der Waals surface area (Å²) in [5, 5.41) is 10.9. The molecule has 1 N–H and O–H groups in total. The second-order valence-electron chi connectivity index (χ2n) is 7.13. The molecule has 1 heterocycles. The van der Waals surface area contributed by atoms with Gasteiger partial charge in [-0.15, -0.1) is 0 Å². The molecule has 1 saturated heterocycles. The summed E-state index contributed by atoms with van der Waals surface area (Å²) in [6.45, 7) is 0. The van der Waals surface area contributed by atoms with Gasteiger partial charge in [-0.3, -0.25) is 14.5 Å². The van der Waals surface area contributed by atoms with Crippen molar-refractivity contribution in [2.45, 2.75) is 12.2 Å². The summed E-state index contributed by atoms with van der Waals surface area (Å²) < 4.78 is 53.3. The molecular formula is C24H15F4NO3. The minimum atomic E-state index is -4.67. The van der Waals surface area contributed by atoms with E-state index in [0.29, 0.717) is 0 Å². The number of ketones is 1. The third kappa shape index (κ3) is 3.75. The summed E-state index contributed by atoms with van der Waals surface area (Å²) in [5.41, 5.74) is -0.978. The maximum Gasteiger partial charge on any atom is 0.416 e. The number of Topliss-reactive ketones (excluding diaryl/α,β-unsaturated/α-hetero) is 1. The first-order valence-corrected chi connectivity index (χ1v) is 9.47. The van der Waals surface area contributed by atoms with E-state index in [4.69, 9.17) is 0 Å². The van der Waals surface area contributed by atoms with E-state index in [-0.39, 0.29) is 22.4 Å². The van der Waals surface area contributed by atoms with E-state index in [1.165, 1.54) is 30.3 Å². The zero-order chi connectivity index (χ0) is 23.0. The average Bonchev–Trinajstić information content (AvgIpc) is 3.04. The van der Waals surface area contributed by atoms with Crippen molar-refractivity contribution in [1.82, 2.24) is 0 Å². The molecule has 1 aliphatic heterocycles. The lowest BCUT2D eigenvalue weighted by Gasteiger charge is -2.26. The largest absolute Gasteiger partial charge is 0.507 e. The van der Waals surface area contributed by atoms with Crippen molar-refractivity contribution in [3.8, 4) is 0 Å². The van der Waals surface area contributed by atoms with E-state index in [1.54, 1.807) is 18.2 Å². The van der Waals surface area contributed by atoms with Crippen molar-refractivity contribution in [3.05, 3.63) is 107 Å². The predicted octanol–water partition coefficient (Wildman–Crippen LogP) is 5.47. The summed E-state index contributed by atoms with van der Waals surface area (Å²) in [4.78, 5) is 26.8. The summed E-state index contributed by atoms with van der Waals surface area (Å²) in [5.74, 6) is -3.21. The van der Waals surface area contributed by atoms with Crippen LogP contribution in [-0.2, 0) is 15.8 Å².